The third kappa shape index (κ3) is 3.78. The average molecular weight is 318 g/mol. The molecule has 2 heterocycles. The monoisotopic (exact) mass is 318 g/mol. The van der Waals surface area contributed by atoms with Crippen molar-refractivity contribution in [3.63, 3.8) is 0 Å². The summed E-state index contributed by atoms with van der Waals surface area (Å²) >= 11 is 0. The number of nitrogens with one attached hydrogen (secondary N) is 1. The lowest BCUT2D eigenvalue weighted by atomic mass is 10.5. The van der Waals surface area contributed by atoms with Crippen LogP contribution in [0, 0.1) is 0 Å². The van der Waals surface area contributed by atoms with Gasteiger partial charge in [-0.05, 0) is 12.2 Å². The minimum absolute atomic E-state index is 0.289. The molecule has 0 fully saturated rings. The molecule has 1 N–H and O–H groups in total. The van der Waals surface area contributed by atoms with Crippen LogP contribution in [0.1, 0.15) is 6.23 Å². The molecule has 0 aliphatic carbocycles. The molecule has 0 saturated heterocycles. The predicted molar refractivity (Wildman–Crippen MR) is 71.9 cm³/mol. The Bertz CT molecular complexity index is 672. The zero-order valence-electron chi connectivity index (χ0n) is 11.4. The summed E-state index contributed by atoms with van der Waals surface area (Å²) in [6, 6.07) is 1.21. The van der Waals surface area contributed by atoms with Crippen LogP contribution in [0.25, 0.3) is 0 Å². The summed E-state index contributed by atoms with van der Waals surface area (Å²) in [6.07, 6.45) is 2.64. The molecule has 0 bridgehead atoms. The molecule has 0 saturated carbocycles. The Morgan fingerprint density at radius 3 is 2.67 bits per heavy atom. The van der Waals surface area contributed by atoms with Crippen LogP contribution in [0.4, 0.5) is 0 Å². The first kappa shape index (κ1) is 15.9. The normalized spacial score (nSPS) is 21.8. The number of aromatic nitrogens is 2. The van der Waals surface area contributed by atoms with E-state index >= 15 is 0 Å². The molecule has 0 aromatic carbocycles. The second-order valence-corrected chi connectivity index (χ2v) is 6.28. The van der Waals surface area contributed by atoms with Crippen molar-refractivity contribution in [3.8, 4) is 0 Å². The SMILES string of the molecule is COP(=O)(CO[C@@H]1C=C[C@H](n2ccc(=O)[nH]c2=O)O1)OC. The highest BCUT2D eigenvalue weighted by molar-refractivity contribution is 7.53. The van der Waals surface area contributed by atoms with Crippen molar-refractivity contribution >= 4 is 7.60 Å². The minimum Gasteiger partial charge on any atom is -0.336 e. The summed E-state index contributed by atoms with van der Waals surface area (Å²) in [4.78, 5) is 24.7. The van der Waals surface area contributed by atoms with E-state index in [1.54, 1.807) is 12.2 Å². The molecule has 116 valence electrons. The molecule has 0 amide bonds. The van der Waals surface area contributed by atoms with Crippen LogP contribution in [-0.4, -0.2) is 36.4 Å². The van der Waals surface area contributed by atoms with Gasteiger partial charge in [-0.3, -0.25) is 18.9 Å². The van der Waals surface area contributed by atoms with Crippen molar-refractivity contribution in [1.82, 2.24) is 9.55 Å². The molecule has 2 rings (SSSR count). The Kier molecular flexibility index (Phi) is 4.92. The fourth-order valence-electron chi connectivity index (χ4n) is 1.64. The maximum atomic E-state index is 11.8. The number of H-pyrrole nitrogens is 1. The molecule has 0 unspecified atom stereocenters. The van der Waals surface area contributed by atoms with Crippen LogP contribution in [0.15, 0.2) is 34.0 Å². The van der Waals surface area contributed by atoms with Crippen molar-refractivity contribution < 1.29 is 23.1 Å². The first-order chi connectivity index (χ1) is 9.97. The zero-order chi connectivity index (χ0) is 15.5. The van der Waals surface area contributed by atoms with Gasteiger partial charge < -0.3 is 18.5 Å². The first-order valence-corrected chi connectivity index (χ1v) is 7.67. The van der Waals surface area contributed by atoms with Crippen LogP contribution < -0.4 is 11.2 Å². The van der Waals surface area contributed by atoms with Gasteiger partial charge in [0.1, 0.15) is 0 Å². The van der Waals surface area contributed by atoms with Crippen LogP contribution in [0.5, 0.6) is 0 Å². The molecule has 0 spiro atoms. The molecule has 10 heteroatoms. The van der Waals surface area contributed by atoms with Crippen LogP contribution in [0.2, 0.25) is 0 Å². The van der Waals surface area contributed by atoms with Gasteiger partial charge in [0, 0.05) is 26.5 Å². The van der Waals surface area contributed by atoms with E-state index in [1.165, 1.54) is 31.0 Å². The van der Waals surface area contributed by atoms with Gasteiger partial charge in [0.15, 0.2) is 18.9 Å². The van der Waals surface area contributed by atoms with Crippen molar-refractivity contribution in [2.75, 3.05) is 20.6 Å². The lowest BCUT2D eigenvalue weighted by molar-refractivity contribution is -0.128. The quantitative estimate of drug-likeness (QED) is 0.597. The molecular weight excluding hydrogens is 303 g/mol. The van der Waals surface area contributed by atoms with E-state index in [2.05, 4.69) is 4.98 Å². The minimum atomic E-state index is -3.29. The fraction of sp³-hybridized carbons (Fsp3) is 0.455. The van der Waals surface area contributed by atoms with E-state index in [0.29, 0.717) is 0 Å². The average Bonchev–Trinajstić information content (AvgIpc) is 2.93. The number of rotatable bonds is 6. The van der Waals surface area contributed by atoms with Gasteiger partial charge in [0.05, 0.1) is 0 Å². The number of ether oxygens (including phenoxy) is 2. The molecule has 1 aromatic rings. The third-order valence-electron chi connectivity index (χ3n) is 2.79. The Morgan fingerprint density at radius 1 is 1.33 bits per heavy atom. The van der Waals surface area contributed by atoms with Crippen molar-refractivity contribution in [1.29, 1.82) is 0 Å². The van der Waals surface area contributed by atoms with E-state index < -0.39 is 31.4 Å². The summed E-state index contributed by atoms with van der Waals surface area (Å²) in [7, 11) is -0.790. The summed E-state index contributed by atoms with van der Waals surface area (Å²) in [6.45, 7) is 0. The number of hydrogen-bond donors (Lipinski definition) is 1. The number of nitrogens with zero attached hydrogens (tertiary/aromatic N) is 1. The first-order valence-electron chi connectivity index (χ1n) is 5.95. The number of aromatic amines is 1. The van der Waals surface area contributed by atoms with Gasteiger partial charge >= 0.3 is 13.3 Å². The highest BCUT2D eigenvalue weighted by Crippen LogP contribution is 2.46. The van der Waals surface area contributed by atoms with Gasteiger partial charge in [-0.25, -0.2) is 4.79 Å². The Balaban J connectivity index is 1.99. The molecular formula is C11H15N2O7P. The second-order valence-electron chi connectivity index (χ2n) is 4.07. The van der Waals surface area contributed by atoms with Gasteiger partial charge in [-0.1, -0.05) is 0 Å². The van der Waals surface area contributed by atoms with E-state index in [-0.39, 0.29) is 6.35 Å². The number of hydrogen-bond acceptors (Lipinski definition) is 7. The lowest BCUT2D eigenvalue weighted by Crippen LogP contribution is -2.31. The lowest BCUT2D eigenvalue weighted by Gasteiger charge is -2.18. The van der Waals surface area contributed by atoms with E-state index in [0.717, 1.165) is 0 Å². The summed E-state index contributed by atoms with van der Waals surface area (Å²) in [5.74, 6) is 0. The maximum absolute atomic E-state index is 11.8. The van der Waals surface area contributed by atoms with Gasteiger partial charge in [0.2, 0.25) is 0 Å². The predicted octanol–water partition coefficient (Wildman–Crippen LogP) is 0.408. The molecule has 1 aliphatic heterocycles. The van der Waals surface area contributed by atoms with E-state index in [1.807, 2.05) is 0 Å². The Morgan fingerprint density at radius 2 is 2.05 bits per heavy atom. The Hall–Kier alpha value is -1.51. The highest BCUT2D eigenvalue weighted by atomic mass is 31.2. The molecule has 1 aliphatic rings. The van der Waals surface area contributed by atoms with Crippen molar-refractivity contribution in [3.05, 3.63) is 45.3 Å². The smallest absolute Gasteiger partial charge is 0.336 e. The van der Waals surface area contributed by atoms with Gasteiger partial charge in [-0.15, -0.1) is 0 Å². The molecule has 0 radical (unpaired) electrons. The van der Waals surface area contributed by atoms with Crippen molar-refractivity contribution in [2.24, 2.45) is 0 Å². The maximum Gasteiger partial charge on any atom is 0.355 e. The van der Waals surface area contributed by atoms with Crippen LogP contribution >= 0.6 is 7.60 Å². The van der Waals surface area contributed by atoms with Crippen LogP contribution in [-0.2, 0) is 23.1 Å². The second kappa shape index (κ2) is 6.50. The topological polar surface area (TPSA) is 109 Å². The zero-order valence-corrected chi connectivity index (χ0v) is 12.3. The largest absolute Gasteiger partial charge is 0.355 e. The van der Waals surface area contributed by atoms with Gasteiger partial charge in [-0.2, -0.15) is 0 Å². The Labute approximate surface area is 119 Å². The molecule has 1 aromatic heterocycles. The van der Waals surface area contributed by atoms with E-state index in [9.17, 15) is 14.2 Å². The molecule has 21 heavy (non-hydrogen) atoms. The summed E-state index contributed by atoms with van der Waals surface area (Å²) < 4.78 is 33.1. The van der Waals surface area contributed by atoms with Crippen molar-refractivity contribution in [2.45, 2.75) is 12.5 Å². The molecule has 9 nitrogen and oxygen atoms in total. The standard InChI is InChI=1S/C11H15N2O7P/c1-17-21(16,18-2)7-19-10-4-3-9(20-10)13-6-5-8(14)12-11(13)15/h3-6,9-10H,7H2,1-2H3,(H,12,14,15)/t9-,10+/m1/s1. The highest BCUT2D eigenvalue weighted by Gasteiger charge is 2.27. The van der Waals surface area contributed by atoms with Gasteiger partial charge in [0.25, 0.3) is 5.56 Å². The third-order valence-corrected chi connectivity index (χ3v) is 4.36. The fourth-order valence-corrected chi connectivity index (χ4v) is 2.33. The summed E-state index contributed by atoms with van der Waals surface area (Å²) in [5.41, 5.74) is -1.09. The van der Waals surface area contributed by atoms with E-state index in [4.69, 9.17) is 18.5 Å². The van der Waals surface area contributed by atoms with Crippen LogP contribution in [0.3, 0.4) is 0 Å². The summed E-state index contributed by atoms with van der Waals surface area (Å²) in [5, 5.41) is 0. The molecule has 2 atom stereocenters.